The monoisotopic (exact) mass is 421 g/mol. The quantitative estimate of drug-likeness (QED) is 0.652. The summed E-state index contributed by atoms with van der Waals surface area (Å²) >= 11 is 0. The van der Waals surface area contributed by atoms with Crippen LogP contribution >= 0.6 is 0 Å². The zero-order valence-electron chi connectivity index (χ0n) is 18.5. The van der Waals surface area contributed by atoms with E-state index in [-0.39, 0.29) is 11.7 Å². The number of fused-ring (bicyclic) bond motifs is 1. The van der Waals surface area contributed by atoms with Gasteiger partial charge in [-0.05, 0) is 31.0 Å². The Bertz CT molecular complexity index is 945. The summed E-state index contributed by atoms with van der Waals surface area (Å²) in [5.41, 5.74) is 2.07. The highest BCUT2D eigenvalue weighted by atomic mass is 16.5. The van der Waals surface area contributed by atoms with E-state index in [1.807, 2.05) is 54.3 Å². The van der Waals surface area contributed by atoms with E-state index in [1.54, 1.807) is 0 Å². The second-order valence-electron chi connectivity index (χ2n) is 8.71. The number of hydrogen-bond acceptors (Lipinski definition) is 4. The number of unbranched alkanes of at least 4 members (excludes halogenated alkanes) is 1. The molecule has 0 bridgehead atoms. The van der Waals surface area contributed by atoms with Gasteiger partial charge >= 0.3 is 0 Å². The van der Waals surface area contributed by atoms with Crippen LogP contribution < -0.4 is 9.47 Å². The number of ether oxygens (including phenoxy) is 2. The van der Waals surface area contributed by atoms with Crippen LogP contribution in [-0.4, -0.2) is 35.3 Å². The molecule has 1 saturated heterocycles. The first-order chi connectivity index (χ1) is 15.0. The van der Waals surface area contributed by atoms with Crippen molar-refractivity contribution in [2.24, 2.45) is 0 Å². The first kappa shape index (κ1) is 21.4. The van der Waals surface area contributed by atoms with Gasteiger partial charge in [0.1, 0.15) is 23.7 Å². The number of piperidine rings is 1. The Kier molecular flexibility index (Phi) is 6.30. The maximum atomic E-state index is 13.0. The highest BCUT2D eigenvalue weighted by Gasteiger charge is 2.44. The minimum absolute atomic E-state index is 0.115. The van der Waals surface area contributed by atoms with Gasteiger partial charge in [-0.3, -0.25) is 9.59 Å². The molecule has 164 valence electrons. The Morgan fingerprint density at radius 3 is 2.58 bits per heavy atom. The van der Waals surface area contributed by atoms with Gasteiger partial charge in [-0.2, -0.15) is 0 Å². The molecule has 5 nitrogen and oxygen atoms in total. The number of amides is 1. The summed E-state index contributed by atoms with van der Waals surface area (Å²) < 4.78 is 12.6. The second-order valence-corrected chi connectivity index (χ2v) is 8.71. The lowest BCUT2D eigenvalue weighted by molar-refractivity contribution is -0.134. The molecule has 0 N–H and O–H groups in total. The van der Waals surface area contributed by atoms with E-state index in [9.17, 15) is 9.59 Å². The molecule has 4 rings (SSSR count). The Morgan fingerprint density at radius 1 is 1.13 bits per heavy atom. The maximum absolute atomic E-state index is 13.0. The van der Waals surface area contributed by atoms with Gasteiger partial charge in [0.25, 0.3) is 0 Å². The number of rotatable bonds is 6. The SMILES string of the molecule is CCCCC(=O)N1CCC2(CC1)CC(=O)c1ccc(OCc3ccccc3)c(C)c1O2. The summed E-state index contributed by atoms with van der Waals surface area (Å²) in [6.07, 6.45) is 4.29. The van der Waals surface area contributed by atoms with Crippen LogP contribution in [0.5, 0.6) is 11.5 Å². The normalized spacial score (nSPS) is 17.2. The molecule has 2 aliphatic rings. The number of ketones is 1. The van der Waals surface area contributed by atoms with Gasteiger partial charge in [0.05, 0.1) is 12.0 Å². The number of carbonyl (C=O) groups excluding carboxylic acids is 2. The fourth-order valence-corrected chi connectivity index (χ4v) is 4.49. The average molecular weight is 422 g/mol. The summed E-state index contributed by atoms with van der Waals surface area (Å²) in [5.74, 6) is 1.71. The molecule has 0 atom stereocenters. The van der Waals surface area contributed by atoms with Gasteiger partial charge in [0.15, 0.2) is 5.78 Å². The fraction of sp³-hybridized carbons (Fsp3) is 0.462. The Hall–Kier alpha value is -2.82. The van der Waals surface area contributed by atoms with Crippen LogP contribution in [0.1, 0.15) is 66.9 Å². The predicted molar refractivity (Wildman–Crippen MR) is 120 cm³/mol. The largest absolute Gasteiger partial charge is 0.488 e. The highest BCUT2D eigenvalue weighted by molar-refractivity contribution is 6.01. The third-order valence-electron chi connectivity index (χ3n) is 6.47. The molecule has 1 amide bonds. The van der Waals surface area contributed by atoms with Gasteiger partial charge in [-0.1, -0.05) is 43.7 Å². The van der Waals surface area contributed by atoms with Gasteiger partial charge in [0.2, 0.25) is 5.91 Å². The summed E-state index contributed by atoms with van der Waals surface area (Å²) in [7, 11) is 0. The smallest absolute Gasteiger partial charge is 0.222 e. The zero-order chi connectivity index (χ0) is 21.8. The average Bonchev–Trinajstić information content (AvgIpc) is 2.79. The van der Waals surface area contributed by atoms with Crippen LogP contribution in [0.4, 0.5) is 0 Å². The zero-order valence-corrected chi connectivity index (χ0v) is 18.5. The van der Waals surface area contributed by atoms with Crippen molar-refractivity contribution in [3.63, 3.8) is 0 Å². The molecule has 0 unspecified atom stereocenters. The minimum atomic E-state index is -0.519. The van der Waals surface area contributed by atoms with Crippen molar-refractivity contribution in [2.45, 2.75) is 64.6 Å². The molecule has 0 radical (unpaired) electrons. The highest BCUT2D eigenvalue weighted by Crippen LogP contribution is 2.43. The molecule has 2 aliphatic heterocycles. The standard InChI is InChI=1S/C26H31NO4/c1-3-4-10-24(29)27-15-13-26(14-16-27)17-22(28)21-11-12-23(19(2)25(21)31-26)30-18-20-8-6-5-7-9-20/h5-9,11-12H,3-4,10,13-18H2,1-2H3. The molecular weight excluding hydrogens is 390 g/mol. The predicted octanol–water partition coefficient (Wildman–Crippen LogP) is 5.09. The fourth-order valence-electron chi connectivity index (χ4n) is 4.49. The Morgan fingerprint density at radius 2 is 1.87 bits per heavy atom. The molecular formula is C26H31NO4. The number of Topliss-reactive ketones (excluding diaryl/α,β-unsaturated/α-hetero) is 1. The molecule has 0 aromatic heterocycles. The Labute approximate surface area is 184 Å². The number of likely N-dealkylation sites (tertiary alicyclic amines) is 1. The van der Waals surface area contributed by atoms with E-state index in [0.717, 1.165) is 29.7 Å². The van der Waals surface area contributed by atoms with Gasteiger partial charge in [0, 0.05) is 37.9 Å². The van der Waals surface area contributed by atoms with Crippen molar-refractivity contribution in [1.82, 2.24) is 4.90 Å². The van der Waals surface area contributed by atoms with Gasteiger partial charge < -0.3 is 14.4 Å². The van der Waals surface area contributed by atoms with Crippen molar-refractivity contribution in [3.8, 4) is 11.5 Å². The van der Waals surface area contributed by atoms with Crippen LogP contribution in [0.3, 0.4) is 0 Å². The number of nitrogens with zero attached hydrogens (tertiary/aromatic N) is 1. The summed E-state index contributed by atoms with van der Waals surface area (Å²) in [4.78, 5) is 27.3. The van der Waals surface area contributed by atoms with Crippen LogP contribution in [-0.2, 0) is 11.4 Å². The molecule has 1 spiro atoms. The van der Waals surface area contributed by atoms with Crippen molar-refractivity contribution >= 4 is 11.7 Å². The van der Waals surface area contributed by atoms with E-state index in [2.05, 4.69) is 6.92 Å². The molecule has 5 heteroatoms. The number of carbonyl (C=O) groups is 2. The van der Waals surface area contributed by atoms with Crippen molar-refractivity contribution < 1.29 is 19.1 Å². The molecule has 31 heavy (non-hydrogen) atoms. The first-order valence-electron chi connectivity index (χ1n) is 11.3. The van der Waals surface area contributed by atoms with E-state index < -0.39 is 5.60 Å². The lowest BCUT2D eigenvalue weighted by atomic mass is 9.82. The van der Waals surface area contributed by atoms with Gasteiger partial charge in [-0.25, -0.2) is 0 Å². The van der Waals surface area contributed by atoms with Crippen molar-refractivity contribution in [3.05, 3.63) is 59.2 Å². The first-order valence-corrected chi connectivity index (χ1v) is 11.3. The third-order valence-corrected chi connectivity index (χ3v) is 6.47. The molecule has 2 heterocycles. The molecule has 2 aromatic carbocycles. The van der Waals surface area contributed by atoms with Crippen LogP contribution in [0.15, 0.2) is 42.5 Å². The molecule has 0 saturated carbocycles. The molecule has 1 fully saturated rings. The third kappa shape index (κ3) is 4.60. The number of hydrogen-bond donors (Lipinski definition) is 0. The van der Waals surface area contributed by atoms with Gasteiger partial charge in [-0.15, -0.1) is 0 Å². The Balaban J connectivity index is 1.47. The van der Waals surface area contributed by atoms with Crippen LogP contribution in [0.2, 0.25) is 0 Å². The lowest BCUT2D eigenvalue weighted by Gasteiger charge is -2.44. The lowest BCUT2D eigenvalue weighted by Crippen LogP contribution is -2.52. The number of benzene rings is 2. The maximum Gasteiger partial charge on any atom is 0.222 e. The van der Waals surface area contributed by atoms with E-state index in [1.165, 1.54) is 0 Å². The van der Waals surface area contributed by atoms with E-state index >= 15 is 0 Å². The minimum Gasteiger partial charge on any atom is -0.488 e. The van der Waals surface area contributed by atoms with Crippen LogP contribution in [0, 0.1) is 6.92 Å². The van der Waals surface area contributed by atoms with Crippen LogP contribution in [0.25, 0.3) is 0 Å². The molecule has 2 aromatic rings. The van der Waals surface area contributed by atoms with E-state index in [0.29, 0.717) is 56.7 Å². The second kappa shape index (κ2) is 9.13. The van der Waals surface area contributed by atoms with E-state index in [4.69, 9.17) is 9.47 Å². The van der Waals surface area contributed by atoms with Crippen molar-refractivity contribution in [2.75, 3.05) is 13.1 Å². The topological polar surface area (TPSA) is 55.8 Å². The summed E-state index contributed by atoms with van der Waals surface area (Å²) in [6.45, 7) is 5.81. The summed E-state index contributed by atoms with van der Waals surface area (Å²) in [5, 5.41) is 0. The summed E-state index contributed by atoms with van der Waals surface area (Å²) in [6, 6.07) is 13.7. The molecule has 0 aliphatic carbocycles. The van der Waals surface area contributed by atoms with Crippen molar-refractivity contribution in [1.29, 1.82) is 0 Å².